The summed E-state index contributed by atoms with van der Waals surface area (Å²) in [6.07, 6.45) is 3.25. The molecule has 0 bridgehead atoms. The van der Waals surface area contributed by atoms with Crippen molar-refractivity contribution in [2.75, 3.05) is 0 Å². The van der Waals surface area contributed by atoms with Crippen LogP contribution in [0.5, 0.6) is 0 Å². The Morgan fingerprint density at radius 2 is 1.83 bits per heavy atom. The fraction of sp³-hybridized carbons (Fsp3) is 0.0476. The van der Waals surface area contributed by atoms with Gasteiger partial charge in [-0.15, -0.1) is 5.10 Å². The molecule has 4 rings (SSSR count). The quantitative estimate of drug-likeness (QED) is 0.541. The Hall–Kier alpha value is -3.58. The second-order valence-electron chi connectivity index (χ2n) is 6.23. The molecule has 29 heavy (non-hydrogen) atoms. The number of pyridine rings is 1. The topological polar surface area (TPSA) is 72.7 Å². The average Bonchev–Trinajstić information content (AvgIpc) is 3.19. The zero-order valence-corrected chi connectivity index (χ0v) is 15.8. The van der Waals surface area contributed by atoms with Crippen molar-refractivity contribution in [3.05, 3.63) is 95.2 Å². The van der Waals surface area contributed by atoms with Gasteiger partial charge in [-0.2, -0.15) is 0 Å². The Balaban J connectivity index is 1.68. The maximum atomic E-state index is 13.3. The summed E-state index contributed by atoms with van der Waals surface area (Å²) >= 11 is 5.89. The Bertz CT molecular complexity index is 1130. The fourth-order valence-electron chi connectivity index (χ4n) is 2.83. The molecular weight excluding hydrogens is 393 g/mol. The summed E-state index contributed by atoms with van der Waals surface area (Å²) < 4.78 is 14.8. The molecule has 2 heterocycles. The van der Waals surface area contributed by atoms with E-state index in [1.165, 1.54) is 16.8 Å². The van der Waals surface area contributed by atoms with Crippen molar-refractivity contribution >= 4 is 17.5 Å². The lowest BCUT2D eigenvalue weighted by molar-refractivity contribution is 0.0946. The summed E-state index contributed by atoms with van der Waals surface area (Å²) in [5, 5.41) is 11.7. The highest BCUT2D eigenvalue weighted by Gasteiger charge is 2.22. The van der Waals surface area contributed by atoms with Gasteiger partial charge in [-0.05, 0) is 54.1 Å². The summed E-state index contributed by atoms with van der Waals surface area (Å²) in [6.45, 7) is 0.311. The smallest absolute Gasteiger partial charge is 0.274 e. The molecule has 1 N–H and O–H groups in total. The first-order valence-electron chi connectivity index (χ1n) is 8.76. The Morgan fingerprint density at radius 1 is 1.07 bits per heavy atom. The third kappa shape index (κ3) is 4.14. The van der Waals surface area contributed by atoms with Crippen LogP contribution in [0.3, 0.4) is 0 Å². The van der Waals surface area contributed by atoms with E-state index in [0.717, 1.165) is 5.56 Å². The molecule has 144 valence electrons. The maximum Gasteiger partial charge on any atom is 0.274 e. The van der Waals surface area contributed by atoms with Gasteiger partial charge in [0.25, 0.3) is 5.91 Å². The molecule has 0 spiro atoms. The van der Waals surface area contributed by atoms with Crippen molar-refractivity contribution in [1.82, 2.24) is 25.3 Å². The molecule has 0 saturated carbocycles. The molecular formula is C21H15ClFN5O. The van der Waals surface area contributed by atoms with Crippen LogP contribution < -0.4 is 5.32 Å². The second-order valence-corrected chi connectivity index (χ2v) is 6.66. The van der Waals surface area contributed by atoms with Crippen LogP contribution in [0, 0.1) is 5.82 Å². The van der Waals surface area contributed by atoms with Crippen LogP contribution >= 0.6 is 11.6 Å². The third-order valence-electron chi connectivity index (χ3n) is 4.26. The summed E-state index contributed by atoms with van der Waals surface area (Å²) in [7, 11) is 0. The van der Waals surface area contributed by atoms with Crippen molar-refractivity contribution in [1.29, 1.82) is 0 Å². The molecule has 0 unspecified atom stereocenters. The van der Waals surface area contributed by atoms with Gasteiger partial charge in [-0.1, -0.05) is 28.9 Å². The van der Waals surface area contributed by atoms with E-state index in [1.54, 1.807) is 42.7 Å². The number of rotatable bonds is 5. The molecule has 0 aliphatic rings. The zero-order valence-electron chi connectivity index (χ0n) is 15.1. The molecule has 0 saturated heterocycles. The van der Waals surface area contributed by atoms with Gasteiger partial charge in [0.2, 0.25) is 0 Å². The van der Waals surface area contributed by atoms with Crippen LogP contribution in [0.1, 0.15) is 16.1 Å². The van der Waals surface area contributed by atoms with Crippen LogP contribution in [-0.2, 0) is 6.54 Å². The van der Waals surface area contributed by atoms with E-state index in [4.69, 9.17) is 11.6 Å². The van der Waals surface area contributed by atoms with Crippen molar-refractivity contribution in [3.8, 4) is 16.9 Å². The van der Waals surface area contributed by atoms with E-state index in [1.807, 2.05) is 18.2 Å². The molecule has 0 aliphatic heterocycles. The maximum absolute atomic E-state index is 13.3. The van der Waals surface area contributed by atoms with E-state index in [-0.39, 0.29) is 17.4 Å². The number of carbonyl (C=O) groups excluding carboxylic acids is 1. The minimum Gasteiger partial charge on any atom is -0.346 e. The van der Waals surface area contributed by atoms with Crippen LogP contribution in [0.4, 0.5) is 4.39 Å². The Morgan fingerprint density at radius 3 is 2.52 bits per heavy atom. The van der Waals surface area contributed by atoms with Crippen molar-refractivity contribution in [3.63, 3.8) is 0 Å². The number of benzene rings is 2. The molecule has 2 aromatic carbocycles. The predicted molar refractivity (Wildman–Crippen MR) is 107 cm³/mol. The van der Waals surface area contributed by atoms with E-state index in [2.05, 4.69) is 20.6 Å². The SMILES string of the molecule is O=C(NCc1ccc(Cl)cc1)c1nnn(-c2ccc(F)cc2)c1-c1cccnc1. The van der Waals surface area contributed by atoms with Gasteiger partial charge in [0, 0.05) is 29.5 Å². The van der Waals surface area contributed by atoms with Gasteiger partial charge < -0.3 is 5.32 Å². The molecule has 0 fully saturated rings. The van der Waals surface area contributed by atoms with Crippen LogP contribution in [0.2, 0.25) is 5.02 Å². The number of hydrogen-bond donors (Lipinski definition) is 1. The van der Waals surface area contributed by atoms with Gasteiger partial charge in [0.1, 0.15) is 11.5 Å². The highest BCUT2D eigenvalue weighted by molar-refractivity contribution is 6.30. The molecule has 0 aliphatic carbocycles. The summed E-state index contributed by atoms with van der Waals surface area (Å²) in [5.41, 5.74) is 2.76. The molecule has 2 aromatic heterocycles. The number of amides is 1. The van der Waals surface area contributed by atoms with Crippen LogP contribution in [0.25, 0.3) is 16.9 Å². The van der Waals surface area contributed by atoms with Crippen molar-refractivity contribution in [2.45, 2.75) is 6.54 Å². The van der Waals surface area contributed by atoms with Gasteiger partial charge in [-0.3, -0.25) is 9.78 Å². The predicted octanol–water partition coefficient (Wildman–Crippen LogP) is 4.05. The number of nitrogens with zero attached hydrogens (tertiary/aromatic N) is 4. The van der Waals surface area contributed by atoms with Crippen molar-refractivity contribution < 1.29 is 9.18 Å². The van der Waals surface area contributed by atoms with E-state index >= 15 is 0 Å². The Kier molecular flexibility index (Phi) is 5.31. The van der Waals surface area contributed by atoms with Gasteiger partial charge in [-0.25, -0.2) is 9.07 Å². The Labute approximate surface area is 171 Å². The standard InChI is InChI=1S/C21H15ClFN5O/c22-16-5-3-14(4-6-16)12-25-21(29)19-20(15-2-1-11-24-13-15)28(27-26-19)18-9-7-17(23)8-10-18/h1-11,13H,12H2,(H,25,29). The normalized spacial score (nSPS) is 10.7. The molecule has 1 amide bonds. The average molecular weight is 408 g/mol. The summed E-state index contributed by atoms with van der Waals surface area (Å²) in [6, 6.07) is 16.5. The minimum absolute atomic E-state index is 0.149. The molecule has 0 atom stereocenters. The largest absolute Gasteiger partial charge is 0.346 e. The molecule has 0 radical (unpaired) electrons. The highest BCUT2D eigenvalue weighted by atomic mass is 35.5. The summed E-state index contributed by atoms with van der Waals surface area (Å²) in [4.78, 5) is 17.0. The highest BCUT2D eigenvalue weighted by Crippen LogP contribution is 2.25. The fourth-order valence-corrected chi connectivity index (χ4v) is 2.95. The summed E-state index contributed by atoms with van der Waals surface area (Å²) in [5.74, 6) is -0.745. The van der Waals surface area contributed by atoms with Crippen LogP contribution in [0.15, 0.2) is 73.1 Å². The lowest BCUT2D eigenvalue weighted by atomic mass is 10.1. The first-order valence-corrected chi connectivity index (χ1v) is 9.14. The number of halogens is 2. The van der Waals surface area contributed by atoms with Gasteiger partial charge >= 0.3 is 0 Å². The first-order chi connectivity index (χ1) is 14.1. The number of hydrogen-bond acceptors (Lipinski definition) is 4. The number of nitrogens with one attached hydrogen (secondary N) is 1. The zero-order chi connectivity index (χ0) is 20.2. The number of aromatic nitrogens is 4. The van der Waals surface area contributed by atoms with Gasteiger partial charge in [0.05, 0.1) is 5.69 Å². The van der Waals surface area contributed by atoms with E-state index in [9.17, 15) is 9.18 Å². The lowest BCUT2D eigenvalue weighted by Gasteiger charge is -2.09. The van der Waals surface area contributed by atoms with E-state index < -0.39 is 0 Å². The first kappa shape index (κ1) is 18.8. The second kappa shape index (κ2) is 8.20. The molecule has 8 heteroatoms. The minimum atomic E-state index is -0.382. The van der Waals surface area contributed by atoms with E-state index in [0.29, 0.717) is 28.5 Å². The molecule has 6 nitrogen and oxygen atoms in total. The molecule has 4 aromatic rings. The number of carbonyl (C=O) groups is 1. The third-order valence-corrected chi connectivity index (χ3v) is 4.51. The van der Waals surface area contributed by atoms with Gasteiger partial charge in [0.15, 0.2) is 5.69 Å². The lowest BCUT2D eigenvalue weighted by Crippen LogP contribution is -2.24. The van der Waals surface area contributed by atoms with Crippen molar-refractivity contribution in [2.24, 2.45) is 0 Å². The van der Waals surface area contributed by atoms with Crippen LogP contribution in [-0.4, -0.2) is 25.9 Å². The monoisotopic (exact) mass is 407 g/mol.